The summed E-state index contributed by atoms with van der Waals surface area (Å²) in [6, 6.07) is 22.9. The second-order valence-electron chi connectivity index (χ2n) is 4.98. The van der Waals surface area contributed by atoms with Crippen LogP contribution < -0.4 is 5.73 Å². The van der Waals surface area contributed by atoms with Crippen molar-refractivity contribution in [3.05, 3.63) is 90.1 Å². The van der Waals surface area contributed by atoms with Gasteiger partial charge in [0.2, 0.25) is 0 Å². The normalized spacial score (nSPS) is 11.4. The van der Waals surface area contributed by atoms with Gasteiger partial charge in [0.25, 0.3) is 0 Å². The summed E-state index contributed by atoms with van der Waals surface area (Å²) in [6.45, 7) is 0. The SMILES string of the molecule is N/C(=C\C(=O)c1ccccc1)c1ccc(-c2ccccc2)[nH]1. The smallest absolute Gasteiger partial charge is 0.187 e. The lowest BCUT2D eigenvalue weighted by molar-refractivity contribution is 0.104. The van der Waals surface area contributed by atoms with Crippen molar-refractivity contribution >= 4 is 11.5 Å². The number of carbonyl (C=O) groups excluding carboxylic acids is 1. The Bertz CT molecular complexity index is 802. The fourth-order valence-electron chi connectivity index (χ4n) is 2.25. The van der Waals surface area contributed by atoms with Crippen molar-refractivity contribution in [3.63, 3.8) is 0 Å². The van der Waals surface area contributed by atoms with Crippen LogP contribution in [0, 0.1) is 0 Å². The molecule has 0 aliphatic carbocycles. The molecule has 0 amide bonds. The highest BCUT2D eigenvalue weighted by molar-refractivity contribution is 6.08. The van der Waals surface area contributed by atoms with Crippen LogP contribution in [0.1, 0.15) is 16.1 Å². The van der Waals surface area contributed by atoms with Crippen molar-refractivity contribution < 1.29 is 4.79 Å². The average Bonchev–Trinajstić information content (AvgIpc) is 3.06. The van der Waals surface area contributed by atoms with E-state index in [4.69, 9.17) is 5.73 Å². The molecule has 0 radical (unpaired) electrons. The number of benzene rings is 2. The molecule has 2 aromatic carbocycles. The number of aromatic amines is 1. The van der Waals surface area contributed by atoms with E-state index in [1.165, 1.54) is 6.08 Å². The number of hydrogen-bond acceptors (Lipinski definition) is 2. The van der Waals surface area contributed by atoms with E-state index in [1.807, 2.05) is 60.7 Å². The zero-order chi connectivity index (χ0) is 15.4. The van der Waals surface area contributed by atoms with E-state index in [0.717, 1.165) is 17.0 Å². The molecule has 0 spiro atoms. The van der Waals surface area contributed by atoms with E-state index in [1.54, 1.807) is 12.1 Å². The molecule has 3 N–H and O–H groups in total. The third kappa shape index (κ3) is 2.99. The van der Waals surface area contributed by atoms with Crippen LogP contribution in [0.2, 0.25) is 0 Å². The number of ketones is 1. The molecule has 0 bridgehead atoms. The molecular formula is C19H16N2O. The monoisotopic (exact) mass is 288 g/mol. The van der Waals surface area contributed by atoms with Gasteiger partial charge < -0.3 is 10.7 Å². The van der Waals surface area contributed by atoms with Crippen LogP contribution in [-0.2, 0) is 0 Å². The maximum absolute atomic E-state index is 12.1. The number of hydrogen-bond donors (Lipinski definition) is 2. The topological polar surface area (TPSA) is 58.9 Å². The number of nitrogens with two attached hydrogens (primary N) is 1. The molecule has 0 aliphatic rings. The van der Waals surface area contributed by atoms with Crippen molar-refractivity contribution in [2.45, 2.75) is 0 Å². The number of carbonyl (C=O) groups is 1. The van der Waals surface area contributed by atoms with E-state index in [0.29, 0.717) is 11.3 Å². The van der Waals surface area contributed by atoms with Crippen LogP contribution in [0.15, 0.2) is 78.9 Å². The molecule has 3 nitrogen and oxygen atoms in total. The Kier molecular flexibility index (Phi) is 3.88. The van der Waals surface area contributed by atoms with Gasteiger partial charge in [-0.1, -0.05) is 60.7 Å². The molecule has 0 fully saturated rings. The highest BCUT2D eigenvalue weighted by Crippen LogP contribution is 2.20. The largest absolute Gasteiger partial charge is 0.397 e. The van der Waals surface area contributed by atoms with Crippen LogP contribution in [0.3, 0.4) is 0 Å². The summed E-state index contributed by atoms with van der Waals surface area (Å²) in [4.78, 5) is 15.4. The van der Waals surface area contributed by atoms with Crippen LogP contribution in [0.25, 0.3) is 17.0 Å². The summed E-state index contributed by atoms with van der Waals surface area (Å²) >= 11 is 0. The van der Waals surface area contributed by atoms with Gasteiger partial charge in [-0.3, -0.25) is 4.79 Å². The Morgan fingerprint density at radius 1 is 0.864 bits per heavy atom. The van der Waals surface area contributed by atoms with E-state index >= 15 is 0 Å². The maximum atomic E-state index is 12.1. The highest BCUT2D eigenvalue weighted by atomic mass is 16.1. The minimum Gasteiger partial charge on any atom is -0.397 e. The Hall–Kier alpha value is -3.07. The molecule has 3 aromatic rings. The van der Waals surface area contributed by atoms with Gasteiger partial charge in [0.1, 0.15) is 0 Å². The van der Waals surface area contributed by atoms with Gasteiger partial charge in [-0.25, -0.2) is 0 Å². The summed E-state index contributed by atoms with van der Waals surface area (Å²) in [5.41, 5.74) is 9.88. The minimum atomic E-state index is -0.103. The molecule has 0 saturated heterocycles. The summed E-state index contributed by atoms with van der Waals surface area (Å²) < 4.78 is 0. The second kappa shape index (κ2) is 6.14. The quantitative estimate of drug-likeness (QED) is 0.565. The van der Waals surface area contributed by atoms with Gasteiger partial charge in [-0.2, -0.15) is 0 Å². The summed E-state index contributed by atoms with van der Waals surface area (Å²) in [7, 11) is 0. The van der Waals surface area contributed by atoms with Gasteiger partial charge in [0, 0.05) is 17.3 Å². The van der Waals surface area contributed by atoms with Crippen molar-refractivity contribution in [2.75, 3.05) is 0 Å². The first-order valence-corrected chi connectivity index (χ1v) is 7.05. The second-order valence-corrected chi connectivity index (χ2v) is 4.98. The number of aromatic nitrogens is 1. The molecule has 108 valence electrons. The summed E-state index contributed by atoms with van der Waals surface area (Å²) in [5, 5.41) is 0. The van der Waals surface area contributed by atoms with Crippen LogP contribution in [0.4, 0.5) is 0 Å². The zero-order valence-electron chi connectivity index (χ0n) is 12.0. The van der Waals surface area contributed by atoms with Crippen molar-refractivity contribution in [2.24, 2.45) is 5.73 Å². The number of H-pyrrole nitrogens is 1. The number of allylic oxidation sites excluding steroid dienone is 1. The van der Waals surface area contributed by atoms with E-state index < -0.39 is 0 Å². The van der Waals surface area contributed by atoms with E-state index in [-0.39, 0.29) is 5.78 Å². The lowest BCUT2D eigenvalue weighted by atomic mass is 10.1. The van der Waals surface area contributed by atoms with E-state index in [9.17, 15) is 4.79 Å². The summed E-state index contributed by atoms with van der Waals surface area (Å²) in [5.74, 6) is -0.103. The first-order chi connectivity index (χ1) is 10.7. The highest BCUT2D eigenvalue weighted by Gasteiger charge is 2.07. The first-order valence-electron chi connectivity index (χ1n) is 7.05. The van der Waals surface area contributed by atoms with Gasteiger partial charge in [-0.15, -0.1) is 0 Å². The first kappa shape index (κ1) is 13.9. The van der Waals surface area contributed by atoms with Crippen LogP contribution >= 0.6 is 0 Å². The van der Waals surface area contributed by atoms with Gasteiger partial charge in [-0.05, 0) is 17.7 Å². The Morgan fingerprint density at radius 2 is 1.50 bits per heavy atom. The predicted molar refractivity (Wildman–Crippen MR) is 89.2 cm³/mol. The lowest BCUT2D eigenvalue weighted by Gasteiger charge is -2.00. The Balaban J connectivity index is 1.84. The van der Waals surface area contributed by atoms with Crippen molar-refractivity contribution in [1.29, 1.82) is 0 Å². The molecule has 3 rings (SSSR count). The van der Waals surface area contributed by atoms with Gasteiger partial charge >= 0.3 is 0 Å². The maximum Gasteiger partial charge on any atom is 0.187 e. The molecule has 1 aromatic heterocycles. The standard InChI is InChI=1S/C19H16N2O/c20-16(13-19(22)15-9-5-2-6-10-15)18-12-11-17(21-18)14-7-3-1-4-8-14/h1-13,21H,20H2/b16-13-. The molecule has 0 unspecified atom stereocenters. The van der Waals surface area contributed by atoms with Crippen molar-refractivity contribution in [3.8, 4) is 11.3 Å². The van der Waals surface area contributed by atoms with Crippen LogP contribution in [-0.4, -0.2) is 10.8 Å². The zero-order valence-corrected chi connectivity index (χ0v) is 12.0. The molecule has 0 atom stereocenters. The average molecular weight is 288 g/mol. The van der Waals surface area contributed by atoms with Crippen LogP contribution in [0.5, 0.6) is 0 Å². The molecule has 0 saturated carbocycles. The number of nitrogens with one attached hydrogen (secondary N) is 1. The third-order valence-electron chi connectivity index (χ3n) is 3.43. The third-order valence-corrected chi connectivity index (χ3v) is 3.43. The fraction of sp³-hybridized carbons (Fsp3) is 0. The Morgan fingerprint density at radius 3 is 2.18 bits per heavy atom. The van der Waals surface area contributed by atoms with Crippen molar-refractivity contribution in [1.82, 2.24) is 4.98 Å². The summed E-state index contributed by atoms with van der Waals surface area (Å²) in [6.07, 6.45) is 1.45. The van der Waals surface area contributed by atoms with E-state index in [2.05, 4.69) is 4.98 Å². The van der Waals surface area contributed by atoms with Gasteiger partial charge in [0.05, 0.1) is 11.4 Å². The molecular weight excluding hydrogens is 272 g/mol. The lowest BCUT2D eigenvalue weighted by Crippen LogP contribution is -2.02. The Labute approximate surface area is 129 Å². The minimum absolute atomic E-state index is 0.103. The molecule has 1 heterocycles. The molecule has 22 heavy (non-hydrogen) atoms. The molecule has 0 aliphatic heterocycles. The fourth-order valence-corrected chi connectivity index (χ4v) is 2.25. The predicted octanol–water partition coefficient (Wildman–Crippen LogP) is 3.86. The number of rotatable bonds is 4. The van der Waals surface area contributed by atoms with Gasteiger partial charge in [0.15, 0.2) is 5.78 Å². The molecule has 3 heteroatoms.